The van der Waals surface area contributed by atoms with Gasteiger partial charge in [0.05, 0.1) is 26.4 Å². The summed E-state index contributed by atoms with van der Waals surface area (Å²) in [6.07, 6.45) is 40.6. The van der Waals surface area contributed by atoms with Gasteiger partial charge in [-0.05, 0) is 37.5 Å². The Morgan fingerprint density at radius 3 is 0.810 bits per heavy atom. The number of hydrogen-bond acceptors (Lipinski definition) is 15. The fraction of sp³-hybridized carbons (Fsp3) is 0.938. The molecule has 2 unspecified atom stereocenters. The summed E-state index contributed by atoms with van der Waals surface area (Å²) in [4.78, 5) is 72.1. The van der Waals surface area contributed by atoms with Crippen molar-refractivity contribution in [2.24, 2.45) is 11.8 Å². The van der Waals surface area contributed by atoms with Crippen LogP contribution < -0.4 is 0 Å². The summed E-state index contributed by atoms with van der Waals surface area (Å²) < 4.78 is 67.9. The lowest BCUT2D eigenvalue weighted by Crippen LogP contribution is -2.30. The van der Waals surface area contributed by atoms with Crippen LogP contribution in [0.1, 0.15) is 324 Å². The lowest BCUT2D eigenvalue weighted by atomic mass is 10.0. The van der Waals surface area contributed by atoms with Gasteiger partial charge in [-0.1, -0.05) is 273 Å². The van der Waals surface area contributed by atoms with E-state index in [0.717, 1.165) is 108 Å². The second-order valence-electron chi connectivity index (χ2n) is 24.5. The Labute approximate surface area is 511 Å². The van der Waals surface area contributed by atoms with Gasteiger partial charge in [-0.25, -0.2) is 9.13 Å². The molecule has 0 aliphatic carbocycles. The molecule has 19 heteroatoms. The van der Waals surface area contributed by atoms with E-state index in [1.54, 1.807) is 0 Å². The summed E-state index contributed by atoms with van der Waals surface area (Å²) in [5, 5.41) is 10.5. The Balaban J connectivity index is 5.17. The standard InChI is InChI=1S/C65H126O17P2/c1-7-9-11-13-14-15-16-17-18-26-31-37-43-49-64(69)81-60(53-75-62(67)47-41-33-12-10-8-2)55-79-83(71,72)77-51-59(66)52-78-84(73,74)80-56-61(82-65(70)50-44-38-32-27-22-20-24-29-35-40-46-58(5)6)54-76-63(68)48-42-36-30-25-21-19-23-28-34-39-45-57(3)4/h57-61,66H,7-56H2,1-6H3,(H,71,72)(H,73,74)/t59-,60+,61+/m0/s1. The fourth-order valence-electron chi connectivity index (χ4n) is 9.71. The van der Waals surface area contributed by atoms with Crippen LogP contribution in [0.15, 0.2) is 0 Å². The first-order valence-corrected chi connectivity index (χ1v) is 37.0. The summed E-state index contributed by atoms with van der Waals surface area (Å²) in [7, 11) is -9.88. The van der Waals surface area contributed by atoms with Crippen molar-refractivity contribution >= 4 is 39.5 Å². The molecule has 0 spiro atoms. The van der Waals surface area contributed by atoms with E-state index in [4.69, 9.17) is 37.0 Å². The van der Waals surface area contributed by atoms with E-state index in [1.165, 1.54) is 135 Å². The zero-order valence-corrected chi connectivity index (χ0v) is 56.0. The van der Waals surface area contributed by atoms with Crippen LogP contribution in [-0.2, 0) is 65.4 Å². The van der Waals surface area contributed by atoms with Crippen molar-refractivity contribution in [3.63, 3.8) is 0 Å². The largest absolute Gasteiger partial charge is 0.472 e. The minimum absolute atomic E-state index is 0.106. The van der Waals surface area contributed by atoms with E-state index in [0.29, 0.717) is 25.7 Å². The highest BCUT2D eigenvalue weighted by molar-refractivity contribution is 7.47. The van der Waals surface area contributed by atoms with Crippen LogP contribution >= 0.6 is 15.6 Å². The third kappa shape index (κ3) is 59.0. The molecule has 3 N–H and O–H groups in total. The van der Waals surface area contributed by atoms with Crippen molar-refractivity contribution in [1.29, 1.82) is 0 Å². The number of hydrogen-bond donors (Lipinski definition) is 3. The van der Waals surface area contributed by atoms with Crippen molar-refractivity contribution < 1.29 is 80.2 Å². The molecule has 17 nitrogen and oxygen atoms in total. The van der Waals surface area contributed by atoms with Gasteiger partial charge in [-0.15, -0.1) is 0 Å². The first-order chi connectivity index (χ1) is 40.4. The predicted molar refractivity (Wildman–Crippen MR) is 335 cm³/mol. The Kier molecular flexibility index (Phi) is 56.2. The van der Waals surface area contributed by atoms with Gasteiger partial charge in [0.15, 0.2) is 12.2 Å². The van der Waals surface area contributed by atoms with Gasteiger partial charge in [0.25, 0.3) is 0 Å². The number of phosphoric acid groups is 2. The molecule has 0 heterocycles. The molecule has 0 bridgehead atoms. The van der Waals surface area contributed by atoms with Crippen LogP contribution in [0, 0.1) is 11.8 Å². The Morgan fingerprint density at radius 1 is 0.321 bits per heavy atom. The average Bonchev–Trinajstić information content (AvgIpc) is 3.64. The molecule has 0 aliphatic rings. The third-order valence-corrected chi connectivity index (χ3v) is 16.9. The first kappa shape index (κ1) is 82.1. The number of phosphoric ester groups is 2. The number of unbranched alkanes of at least 4 members (excludes halogenated alkanes) is 34. The first-order valence-electron chi connectivity index (χ1n) is 34.0. The van der Waals surface area contributed by atoms with Crippen LogP contribution in [-0.4, -0.2) is 96.7 Å². The van der Waals surface area contributed by atoms with Crippen molar-refractivity contribution in [1.82, 2.24) is 0 Å². The highest BCUT2D eigenvalue weighted by atomic mass is 31.2. The molecule has 0 aromatic rings. The summed E-state index contributed by atoms with van der Waals surface area (Å²) in [6, 6.07) is 0. The molecule has 0 aliphatic heterocycles. The average molecular weight is 1240 g/mol. The van der Waals surface area contributed by atoms with E-state index < -0.39 is 97.5 Å². The second-order valence-corrected chi connectivity index (χ2v) is 27.4. The van der Waals surface area contributed by atoms with Gasteiger partial charge in [0.2, 0.25) is 0 Å². The topological polar surface area (TPSA) is 237 Å². The Morgan fingerprint density at radius 2 is 0.548 bits per heavy atom. The molecule has 0 fully saturated rings. The summed E-state index contributed by atoms with van der Waals surface area (Å²) in [5.41, 5.74) is 0. The molecule has 0 saturated carbocycles. The number of carbonyl (C=O) groups is 4. The van der Waals surface area contributed by atoms with E-state index in [1.807, 2.05) is 0 Å². The minimum Gasteiger partial charge on any atom is -0.462 e. The monoisotopic (exact) mass is 1240 g/mol. The normalized spacial score (nSPS) is 14.3. The molecule has 0 saturated heterocycles. The van der Waals surface area contributed by atoms with Gasteiger partial charge < -0.3 is 33.8 Å². The zero-order chi connectivity index (χ0) is 62.2. The molecule has 5 atom stereocenters. The SMILES string of the molecule is CCCCCCCCCCCCCCCC(=O)O[C@H](COC(=O)CCCCCCC)COP(=O)(O)OC[C@H](O)COP(=O)(O)OC[C@@H](COC(=O)CCCCCCCCCCCCC(C)C)OC(=O)CCCCCCCCCCCCC(C)C. The molecule has 0 rings (SSSR count). The number of aliphatic hydroxyl groups excluding tert-OH is 1. The molecule has 0 aromatic heterocycles. The molecule has 498 valence electrons. The Hall–Kier alpha value is -1.94. The summed E-state index contributed by atoms with van der Waals surface area (Å²) in [5.74, 6) is -0.631. The number of carbonyl (C=O) groups excluding carboxylic acids is 4. The number of ether oxygens (including phenoxy) is 4. The van der Waals surface area contributed by atoms with Gasteiger partial charge in [0.1, 0.15) is 19.3 Å². The predicted octanol–water partition coefficient (Wildman–Crippen LogP) is 18.0. The van der Waals surface area contributed by atoms with Crippen LogP contribution in [0.5, 0.6) is 0 Å². The van der Waals surface area contributed by atoms with E-state index in [9.17, 15) is 43.2 Å². The molecular formula is C65H126O17P2. The second kappa shape index (κ2) is 57.5. The zero-order valence-electron chi connectivity index (χ0n) is 54.2. The van der Waals surface area contributed by atoms with E-state index in [2.05, 4.69) is 41.5 Å². The quantitative estimate of drug-likeness (QED) is 0.0222. The fourth-order valence-corrected chi connectivity index (χ4v) is 11.3. The van der Waals surface area contributed by atoms with Crippen molar-refractivity contribution in [2.75, 3.05) is 39.6 Å². The number of esters is 4. The molecular weight excluding hydrogens is 1110 g/mol. The smallest absolute Gasteiger partial charge is 0.462 e. The number of aliphatic hydroxyl groups is 1. The van der Waals surface area contributed by atoms with Crippen molar-refractivity contribution in [3.8, 4) is 0 Å². The summed E-state index contributed by atoms with van der Waals surface area (Å²) in [6.45, 7) is 9.41. The molecule has 0 amide bonds. The van der Waals surface area contributed by atoms with Gasteiger partial charge >= 0.3 is 39.5 Å². The highest BCUT2D eigenvalue weighted by Crippen LogP contribution is 2.45. The van der Waals surface area contributed by atoms with Crippen LogP contribution in [0.3, 0.4) is 0 Å². The maximum absolute atomic E-state index is 13.0. The summed E-state index contributed by atoms with van der Waals surface area (Å²) >= 11 is 0. The molecule has 0 radical (unpaired) electrons. The van der Waals surface area contributed by atoms with Gasteiger partial charge in [0, 0.05) is 25.7 Å². The lowest BCUT2D eigenvalue weighted by molar-refractivity contribution is -0.161. The number of rotatable bonds is 64. The van der Waals surface area contributed by atoms with E-state index in [-0.39, 0.29) is 25.7 Å². The van der Waals surface area contributed by atoms with Crippen LogP contribution in [0.4, 0.5) is 0 Å². The van der Waals surface area contributed by atoms with Crippen LogP contribution in [0.25, 0.3) is 0 Å². The molecule has 0 aromatic carbocycles. The van der Waals surface area contributed by atoms with Crippen molar-refractivity contribution in [3.05, 3.63) is 0 Å². The minimum atomic E-state index is -4.94. The van der Waals surface area contributed by atoms with Crippen molar-refractivity contribution in [2.45, 2.75) is 342 Å². The van der Waals surface area contributed by atoms with E-state index >= 15 is 0 Å². The van der Waals surface area contributed by atoms with Gasteiger partial charge in [-0.3, -0.25) is 37.3 Å². The highest BCUT2D eigenvalue weighted by Gasteiger charge is 2.30. The maximum atomic E-state index is 13.0. The maximum Gasteiger partial charge on any atom is 0.472 e. The van der Waals surface area contributed by atoms with Crippen LogP contribution in [0.2, 0.25) is 0 Å². The Bertz CT molecular complexity index is 1650. The van der Waals surface area contributed by atoms with Gasteiger partial charge in [-0.2, -0.15) is 0 Å². The lowest BCUT2D eigenvalue weighted by Gasteiger charge is -2.21. The molecule has 84 heavy (non-hydrogen) atoms. The third-order valence-electron chi connectivity index (χ3n) is 15.0.